The van der Waals surface area contributed by atoms with Gasteiger partial charge in [-0.05, 0) is 176 Å². The summed E-state index contributed by atoms with van der Waals surface area (Å²) in [5, 5.41) is 0. The molecule has 2 aliphatic heterocycles. The molecule has 2 N–H and O–H groups in total. The van der Waals surface area contributed by atoms with E-state index in [0.29, 0.717) is 29.8 Å². The lowest BCUT2D eigenvalue weighted by molar-refractivity contribution is 0.305. The number of aryl methyl sites for hydroxylation is 4. The molecule has 93 heavy (non-hydrogen) atoms. The average molecular weight is 1260 g/mol. The number of aromatic amines is 2. The van der Waals surface area contributed by atoms with E-state index in [2.05, 4.69) is 243 Å². The van der Waals surface area contributed by atoms with Gasteiger partial charge in [0.2, 0.25) is 0 Å². The lowest BCUT2D eigenvalue weighted by atomic mass is 9.97. The van der Waals surface area contributed by atoms with Crippen LogP contribution in [0.3, 0.4) is 0 Å². The molecule has 0 fully saturated rings. The summed E-state index contributed by atoms with van der Waals surface area (Å²) in [4.78, 5) is 22.4. The van der Waals surface area contributed by atoms with E-state index in [-0.39, 0.29) is 0 Å². The van der Waals surface area contributed by atoms with E-state index >= 15 is 0 Å². The molecule has 8 heteroatoms. The normalized spacial score (nSPS) is 12.2. The van der Waals surface area contributed by atoms with Gasteiger partial charge in [-0.2, -0.15) is 0 Å². The molecule has 0 radical (unpaired) electrons. The number of hydrogen-bond donors (Lipinski definition) is 2. The van der Waals surface area contributed by atoms with Gasteiger partial charge in [-0.3, -0.25) is 0 Å². The Morgan fingerprint density at radius 2 is 0.796 bits per heavy atom. The number of benzene rings is 4. The van der Waals surface area contributed by atoms with Crippen molar-refractivity contribution in [1.29, 1.82) is 0 Å². The Kier molecular flexibility index (Phi) is 26.1. The molecule has 4 aromatic carbocycles. The Bertz CT molecular complexity index is 3700. The molecule has 0 saturated carbocycles. The van der Waals surface area contributed by atoms with Crippen LogP contribution in [0.5, 0.6) is 11.5 Å². The first-order valence-electron chi connectivity index (χ1n) is 36.4. The second-order valence-electron chi connectivity index (χ2n) is 27.5. The van der Waals surface area contributed by atoms with Crippen LogP contribution in [-0.2, 0) is 12.8 Å². The predicted octanol–water partition coefficient (Wildman–Crippen LogP) is 25.4. The zero-order valence-electron chi connectivity index (χ0n) is 59.1. The van der Waals surface area contributed by atoms with Crippen molar-refractivity contribution in [2.75, 3.05) is 18.1 Å². The topological polar surface area (TPSA) is 79.1 Å². The highest BCUT2D eigenvalue weighted by molar-refractivity contribution is 6.90. The summed E-state index contributed by atoms with van der Waals surface area (Å²) < 4.78 is 13.9. The smallest absolute Gasteiger partial charge is 0.146 e. The maximum Gasteiger partial charge on any atom is 0.146 e. The highest BCUT2D eigenvalue weighted by Gasteiger charge is 2.42. The first kappa shape index (κ1) is 70.0. The molecule has 7 nitrogen and oxygen atoms in total. The van der Waals surface area contributed by atoms with E-state index in [1.807, 2.05) is 0 Å². The number of aromatic nitrogens is 4. The van der Waals surface area contributed by atoms with Crippen molar-refractivity contribution in [3.8, 4) is 45.2 Å². The van der Waals surface area contributed by atoms with E-state index < -0.39 is 8.07 Å². The van der Waals surface area contributed by atoms with Gasteiger partial charge < -0.3 is 24.3 Å². The van der Waals surface area contributed by atoms with Crippen LogP contribution in [0.4, 0.5) is 17.1 Å². The zero-order chi connectivity index (χ0) is 65.7. The average Bonchev–Trinajstić information content (AvgIpc) is 1.65. The Labute approximate surface area is 561 Å². The van der Waals surface area contributed by atoms with Crippen LogP contribution in [0.25, 0.3) is 68.6 Å². The molecule has 8 bridgehead atoms. The first-order chi connectivity index (χ1) is 45.3. The number of nitrogens with zero attached hydrogens (tertiary/aromatic N) is 3. The molecular formula is C85H111N5O2Si. The minimum absolute atomic E-state index is 0.447. The summed E-state index contributed by atoms with van der Waals surface area (Å²) in [6, 6.07) is 40.7. The molecule has 9 rings (SSSR count). The molecular weight excluding hydrogens is 1150 g/mol. The number of nitrogens with one attached hydrogen (secondary N) is 2. The van der Waals surface area contributed by atoms with Crippen molar-refractivity contribution in [1.82, 2.24) is 19.9 Å². The van der Waals surface area contributed by atoms with Gasteiger partial charge >= 0.3 is 0 Å². The molecule has 0 amide bonds. The van der Waals surface area contributed by atoms with Crippen LogP contribution in [0.2, 0.25) is 16.6 Å². The second kappa shape index (κ2) is 34.7. The fourth-order valence-electron chi connectivity index (χ4n) is 14.5. The first-order valence-corrected chi connectivity index (χ1v) is 38.7. The summed E-state index contributed by atoms with van der Waals surface area (Å²) in [5.41, 5.74) is 25.5. The number of hydrogen-bond acceptors (Lipinski definition) is 5. The van der Waals surface area contributed by atoms with E-state index in [0.717, 1.165) is 151 Å². The van der Waals surface area contributed by atoms with Crippen LogP contribution in [0, 0.1) is 25.3 Å². The zero-order valence-corrected chi connectivity index (χ0v) is 60.1. The van der Waals surface area contributed by atoms with Crippen LogP contribution < -0.4 is 14.4 Å². The number of fused-ring (bicyclic) bond motifs is 8. The fraction of sp³-hybridized carbons (Fsp3) is 0.459. The summed E-state index contributed by atoms with van der Waals surface area (Å²) in [5.74, 6) is 5.70. The Hall–Kier alpha value is -7.34. The third-order valence-corrected chi connectivity index (χ3v) is 26.0. The Morgan fingerprint density at radius 3 is 1.26 bits per heavy atom. The van der Waals surface area contributed by atoms with Crippen LogP contribution in [-0.4, -0.2) is 41.2 Å². The van der Waals surface area contributed by atoms with Gasteiger partial charge in [0, 0.05) is 44.7 Å². The maximum absolute atomic E-state index is 6.97. The molecule has 7 aromatic rings. The third-order valence-electron chi connectivity index (χ3n) is 19.7. The molecule has 0 unspecified atom stereocenters. The maximum atomic E-state index is 6.97. The molecule has 0 saturated heterocycles. The number of H-pyrrole nitrogens is 2. The number of rotatable bonds is 34. The monoisotopic (exact) mass is 1260 g/mol. The largest absolute Gasteiger partial charge is 0.493 e. The second-order valence-corrected chi connectivity index (χ2v) is 33.1. The summed E-state index contributed by atoms with van der Waals surface area (Å²) >= 11 is 0. The van der Waals surface area contributed by atoms with Crippen LogP contribution >= 0.6 is 0 Å². The highest BCUT2D eigenvalue weighted by Crippen LogP contribution is 2.46. The summed E-state index contributed by atoms with van der Waals surface area (Å²) in [7, 11) is -2.24. The quantitative estimate of drug-likeness (QED) is 0.0239. The molecule has 0 aliphatic carbocycles. The number of unbranched alkanes of at least 4 members (excludes halogenated alkanes) is 16. The summed E-state index contributed by atoms with van der Waals surface area (Å²) in [6.07, 6.45) is 35.1. The molecule has 0 atom stereocenters. The van der Waals surface area contributed by atoms with Crippen molar-refractivity contribution in [2.45, 2.75) is 241 Å². The standard InChI is InChI=1S/C85H111N5O2Si/c1-13-17-21-25-27-31-58-91-79-39-33-35-64(11)81(79)83-73-51-49-71(86-73)70(57-60-93(61(5)6,62(7)8)63(9)10)72-50-52-74(87-72)84(82-65(12)36-34-40-80(82)92-59-32-28-26-22-18-14-2)76-54-56-78(89-76)85(77-55-53-75(83)88-77)90(68-45-41-66(42-46-68)37-29-23-19-15-3)69-47-43-67(44-48-69)38-30-24-20-16-4/h33-36,39-56,61-63,86,89H,13-32,37-38,58-59H2,1-12H3. The molecule has 2 aliphatic rings. The highest BCUT2D eigenvalue weighted by atomic mass is 28.3. The van der Waals surface area contributed by atoms with Gasteiger partial charge in [0.15, 0.2) is 0 Å². The van der Waals surface area contributed by atoms with Crippen LogP contribution in [0.15, 0.2) is 109 Å². The van der Waals surface area contributed by atoms with E-state index in [1.165, 1.54) is 114 Å². The number of anilines is 3. The fourth-order valence-corrected chi connectivity index (χ4v) is 19.7. The van der Waals surface area contributed by atoms with Gasteiger partial charge in [-0.25, -0.2) is 9.97 Å². The van der Waals surface area contributed by atoms with Crippen molar-refractivity contribution >= 4 is 71.5 Å². The Morgan fingerprint density at radius 1 is 0.409 bits per heavy atom. The lowest BCUT2D eigenvalue weighted by Gasteiger charge is -2.38. The number of ether oxygens (including phenoxy) is 2. The van der Waals surface area contributed by atoms with E-state index in [4.69, 9.17) is 19.4 Å². The SMILES string of the molecule is CCCCCCCCOc1cccc(C)c1-c1c2nc(c(N(c3ccc(CCCCCC)cc3)c3ccc(CCCCCC)cc3)c3ccc([nH]3)c(-c3c(C)cccc3OCCCCCCCC)c3nc(c(C#C[Si](C(C)C)(C(C)C)C(C)C)c4ccc1[nH]4)C=C3)C=C2. The van der Waals surface area contributed by atoms with Crippen LogP contribution in [0.1, 0.15) is 248 Å². The van der Waals surface area contributed by atoms with Crippen molar-refractivity contribution in [3.05, 3.63) is 160 Å². The van der Waals surface area contributed by atoms with Gasteiger partial charge in [0.05, 0.1) is 58.3 Å². The van der Waals surface area contributed by atoms with E-state index in [1.54, 1.807) is 0 Å². The van der Waals surface area contributed by atoms with Crippen molar-refractivity contribution in [3.63, 3.8) is 0 Å². The molecule has 3 aromatic heterocycles. The molecule has 0 spiro atoms. The van der Waals surface area contributed by atoms with Crippen molar-refractivity contribution in [2.24, 2.45) is 0 Å². The minimum atomic E-state index is -2.24. The predicted molar refractivity (Wildman–Crippen MR) is 405 cm³/mol. The Balaban J connectivity index is 1.39. The van der Waals surface area contributed by atoms with Gasteiger partial charge in [-0.15, -0.1) is 5.54 Å². The van der Waals surface area contributed by atoms with Gasteiger partial charge in [0.25, 0.3) is 0 Å². The third kappa shape index (κ3) is 17.3. The van der Waals surface area contributed by atoms with E-state index in [9.17, 15) is 0 Å². The molecule has 5 heterocycles. The molecule has 492 valence electrons. The lowest BCUT2D eigenvalue weighted by Crippen LogP contribution is -2.43. The van der Waals surface area contributed by atoms with Gasteiger partial charge in [-0.1, -0.05) is 226 Å². The summed E-state index contributed by atoms with van der Waals surface area (Å²) in [6.45, 7) is 29.2. The van der Waals surface area contributed by atoms with Gasteiger partial charge in [0.1, 0.15) is 19.6 Å². The van der Waals surface area contributed by atoms with Crippen molar-refractivity contribution < 1.29 is 9.47 Å². The minimum Gasteiger partial charge on any atom is -0.493 e.